The van der Waals surface area contributed by atoms with Gasteiger partial charge in [-0.2, -0.15) is 0 Å². The van der Waals surface area contributed by atoms with Gasteiger partial charge in [-0.15, -0.1) is 10.2 Å². The topological polar surface area (TPSA) is 61.4 Å². The molecule has 1 N–H and O–H groups in total. The predicted octanol–water partition coefficient (Wildman–Crippen LogP) is 3.42. The molecule has 2 aromatic rings. The van der Waals surface area contributed by atoms with Crippen LogP contribution in [0.3, 0.4) is 0 Å². The van der Waals surface area contributed by atoms with Crippen LogP contribution in [0.2, 0.25) is 0 Å². The Morgan fingerprint density at radius 1 is 0.960 bits per heavy atom. The Morgan fingerprint density at radius 2 is 1.60 bits per heavy atom. The average Bonchev–Trinajstić information content (AvgIpc) is 2.62. The van der Waals surface area contributed by atoms with Gasteiger partial charge in [0.1, 0.15) is 0 Å². The van der Waals surface area contributed by atoms with E-state index in [1.165, 1.54) is 0 Å². The Bertz CT molecular complexity index is 661. The van der Waals surface area contributed by atoms with E-state index in [0.29, 0.717) is 5.69 Å². The van der Waals surface area contributed by atoms with Gasteiger partial charge in [-0.25, -0.2) is 0 Å². The van der Waals surface area contributed by atoms with Crippen LogP contribution in [-0.4, -0.2) is 43.3 Å². The molecule has 25 heavy (non-hydrogen) atoms. The zero-order valence-corrected chi connectivity index (χ0v) is 15.5. The van der Waals surface area contributed by atoms with Crippen LogP contribution in [0, 0.1) is 0 Å². The number of amides is 1. The normalized spacial score (nSPS) is 10.4. The molecule has 6 nitrogen and oxygen atoms in total. The van der Waals surface area contributed by atoms with Crippen LogP contribution >= 0.6 is 0 Å². The molecule has 0 saturated carbocycles. The van der Waals surface area contributed by atoms with Crippen molar-refractivity contribution < 1.29 is 4.79 Å². The van der Waals surface area contributed by atoms with Crippen LogP contribution in [0.25, 0.3) is 0 Å². The maximum atomic E-state index is 12.3. The van der Waals surface area contributed by atoms with Crippen LogP contribution in [0.1, 0.15) is 37.2 Å². The van der Waals surface area contributed by atoms with Crippen LogP contribution in [-0.2, 0) is 0 Å². The SMILES string of the molecule is CCCN(CCC)c1ccc(C(=O)Nc2ccc(N(C)C)cc2)nn1. The molecule has 1 heterocycles. The highest BCUT2D eigenvalue weighted by Crippen LogP contribution is 2.16. The fraction of sp³-hybridized carbons (Fsp3) is 0.421. The molecule has 1 amide bonds. The van der Waals surface area contributed by atoms with Crippen molar-refractivity contribution in [3.63, 3.8) is 0 Å². The largest absolute Gasteiger partial charge is 0.378 e. The predicted molar refractivity (Wildman–Crippen MR) is 104 cm³/mol. The minimum absolute atomic E-state index is 0.255. The van der Waals surface area contributed by atoms with Crippen molar-refractivity contribution >= 4 is 23.1 Å². The van der Waals surface area contributed by atoms with Crippen molar-refractivity contribution in [1.82, 2.24) is 10.2 Å². The van der Waals surface area contributed by atoms with Gasteiger partial charge in [0.25, 0.3) is 5.91 Å². The van der Waals surface area contributed by atoms with Crippen LogP contribution < -0.4 is 15.1 Å². The molecule has 2 rings (SSSR count). The van der Waals surface area contributed by atoms with E-state index in [1.54, 1.807) is 6.07 Å². The number of benzene rings is 1. The minimum atomic E-state index is -0.255. The number of rotatable bonds is 8. The van der Waals surface area contributed by atoms with E-state index in [0.717, 1.165) is 43.1 Å². The van der Waals surface area contributed by atoms with Crippen molar-refractivity contribution in [1.29, 1.82) is 0 Å². The number of aromatic nitrogens is 2. The molecule has 0 radical (unpaired) electrons. The summed E-state index contributed by atoms with van der Waals surface area (Å²) in [4.78, 5) is 16.5. The molecule has 0 atom stereocenters. The second kappa shape index (κ2) is 9.01. The lowest BCUT2D eigenvalue weighted by Crippen LogP contribution is -2.26. The lowest BCUT2D eigenvalue weighted by Gasteiger charge is -2.21. The molecule has 134 valence electrons. The molecule has 6 heteroatoms. The van der Waals surface area contributed by atoms with Gasteiger partial charge in [0.2, 0.25) is 0 Å². The highest BCUT2D eigenvalue weighted by Gasteiger charge is 2.11. The monoisotopic (exact) mass is 341 g/mol. The first kappa shape index (κ1) is 18.7. The van der Waals surface area contributed by atoms with E-state index in [2.05, 4.69) is 34.3 Å². The van der Waals surface area contributed by atoms with Crippen LogP contribution in [0.4, 0.5) is 17.2 Å². The molecule has 1 aromatic carbocycles. The van der Waals surface area contributed by atoms with Crippen LogP contribution in [0.15, 0.2) is 36.4 Å². The van der Waals surface area contributed by atoms with Gasteiger partial charge in [0.05, 0.1) is 0 Å². The standard InChI is InChI=1S/C19H27N5O/c1-5-13-24(14-6-2)18-12-11-17(21-22-18)19(25)20-15-7-9-16(10-8-15)23(3)4/h7-12H,5-6,13-14H2,1-4H3,(H,20,25). The Morgan fingerprint density at radius 3 is 2.08 bits per heavy atom. The minimum Gasteiger partial charge on any atom is -0.378 e. The fourth-order valence-corrected chi connectivity index (χ4v) is 2.53. The van der Waals surface area contributed by atoms with Gasteiger partial charge in [0.15, 0.2) is 11.5 Å². The van der Waals surface area contributed by atoms with Gasteiger partial charge in [-0.05, 0) is 49.2 Å². The Hall–Kier alpha value is -2.63. The summed E-state index contributed by atoms with van der Waals surface area (Å²) in [6.45, 7) is 6.15. The van der Waals surface area contributed by atoms with E-state index in [9.17, 15) is 4.79 Å². The number of carbonyl (C=O) groups is 1. The molecule has 0 spiro atoms. The number of carbonyl (C=O) groups excluding carboxylic acids is 1. The van der Waals surface area contributed by atoms with Crippen molar-refractivity contribution in [2.75, 3.05) is 42.3 Å². The lowest BCUT2D eigenvalue weighted by molar-refractivity contribution is 0.102. The highest BCUT2D eigenvalue weighted by molar-refractivity contribution is 6.02. The summed E-state index contributed by atoms with van der Waals surface area (Å²) in [6, 6.07) is 11.3. The van der Waals surface area contributed by atoms with Gasteiger partial charge in [-0.1, -0.05) is 13.8 Å². The second-order valence-corrected chi connectivity index (χ2v) is 6.16. The summed E-state index contributed by atoms with van der Waals surface area (Å²) in [5, 5.41) is 11.2. The zero-order valence-electron chi connectivity index (χ0n) is 15.5. The first-order valence-corrected chi connectivity index (χ1v) is 8.72. The highest BCUT2D eigenvalue weighted by atomic mass is 16.1. The number of nitrogens with one attached hydrogen (secondary N) is 1. The summed E-state index contributed by atoms with van der Waals surface area (Å²) >= 11 is 0. The molecule has 1 aromatic heterocycles. The van der Waals surface area contributed by atoms with Gasteiger partial charge < -0.3 is 15.1 Å². The quantitative estimate of drug-likeness (QED) is 0.797. The molecular weight excluding hydrogens is 314 g/mol. The second-order valence-electron chi connectivity index (χ2n) is 6.16. The number of nitrogens with zero attached hydrogens (tertiary/aromatic N) is 4. The first-order valence-electron chi connectivity index (χ1n) is 8.72. The Kier molecular flexibility index (Phi) is 6.74. The average molecular weight is 341 g/mol. The van der Waals surface area contributed by atoms with Crippen molar-refractivity contribution in [3.8, 4) is 0 Å². The first-order chi connectivity index (χ1) is 12.0. The van der Waals surface area contributed by atoms with E-state index in [-0.39, 0.29) is 5.91 Å². The van der Waals surface area contributed by atoms with E-state index < -0.39 is 0 Å². The van der Waals surface area contributed by atoms with Gasteiger partial charge >= 0.3 is 0 Å². The third kappa shape index (κ3) is 5.17. The maximum Gasteiger partial charge on any atom is 0.276 e. The molecule has 0 unspecified atom stereocenters. The van der Waals surface area contributed by atoms with E-state index >= 15 is 0 Å². The molecule has 0 aliphatic rings. The zero-order chi connectivity index (χ0) is 18.2. The maximum absolute atomic E-state index is 12.3. The summed E-state index contributed by atoms with van der Waals surface area (Å²) in [6.07, 6.45) is 2.10. The molecular formula is C19H27N5O. The number of anilines is 3. The number of hydrogen-bond donors (Lipinski definition) is 1. The Labute approximate surface area is 149 Å². The molecule has 0 aliphatic heterocycles. The summed E-state index contributed by atoms with van der Waals surface area (Å²) in [7, 11) is 3.95. The third-order valence-electron chi connectivity index (χ3n) is 3.84. The summed E-state index contributed by atoms with van der Waals surface area (Å²) in [5.74, 6) is 0.560. The van der Waals surface area contributed by atoms with Gasteiger partial charge in [0, 0.05) is 38.6 Å². The molecule has 0 bridgehead atoms. The van der Waals surface area contributed by atoms with Gasteiger partial charge in [-0.3, -0.25) is 4.79 Å². The smallest absolute Gasteiger partial charge is 0.276 e. The molecule has 0 fully saturated rings. The molecule has 0 aliphatic carbocycles. The number of hydrogen-bond acceptors (Lipinski definition) is 5. The third-order valence-corrected chi connectivity index (χ3v) is 3.84. The fourth-order valence-electron chi connectivity index (χ4n) is 2.53. The van der Waals surface area contributed by atoms with E-state index in [4.69, 9.17) is 0 Å². The van der Waals surface area contributed by atoms with Crippen molar-refractivity contribution in [3.05, 3.63) is 42.1 Å². The summed E-state index contributed by atoms with van der Waals surface area (Å²) < 4.78 is 0. The molecule has 0 saturated heterocycles. The van der Waals surface area contributed by atoms with E-state index in [1.807, 2.05) is 49.3 Å². The Balaban J connectivity index is 2.04. The summed E-state index contributed by atoms with van der Waals surface area (Å²) in [5.41, 5.74) is 2.13. The van der Waals surface area contributed by atoms with Crippen LogP contribution in [0.5, 0.6) is 0 Å². The lowest BCUT2D eigenvalue weighted by atomic mass is 10.2. The van der Waals surface area contributed by atoms with Crippen molar-refractivity contribution in [2.24, 2.45) is 0 Å². The van der Waals surface area contributed by atoms with Crippen molar-refractivity contribution in [2.45, 2.75) is 26.7 Å².